The average Bonchev–Trinajstić information content (AvgIpc) is 2.08. The Balaban J connectivity index is 0. The van der Waals surface area contributed by atoms with Crippen molar-refractivity contribution < 1.29 is 0 Å². The molecule has 1 N–H and O–H groups in total. The largest absolute Gasteiger partial charge is 0.320 e. The maximum absolute atomic E-state index is 3.11. The fraction of sp³-hybridized carbons (Fsp3) is 0.800. The summed E-state index contributed by atoms with van der Waals surface area (Å²) in [6.07, 6.45) is 8.11. The normalized spacial score (nSPS) is 9.45. The molecular weight excluding hydrogens is 134 g/mol. The highest BCUT2D eigenvalue weighted by molar-refractivity contribution is 4.79. The van der Waals surface area contributed by atoms with E-state index in [-0.39, 0.29) is 0 Å². The van der Waals surface area contributed by atoms with Crippen molar-refractivity contribution in [2.75, 3.05) is 13.6 Å². The number of hydrogen-bond acceptors (Lipinski definition) is 1. The first-order valence-corrected chi connectivity index (χ1v) is 4.71. The van der Waals surface area contributed by atoms with Crippen LogP contribution in [0.15, 0.2) is 12.2 Å². The monoisotopic (exact) mass is 157 g/mol. The van der Waals surface area contributed by atoms with E-state index in [9.17, 15) is 0 Å². The topological polar surface area (TPSA) is 12.0 Å². The fourth-order valence-corrected chi connectivity index (χ4v) is 0.681. The molecule has 0 spiro atoms. The van der Waals surface area contributed by atoms with Crippen LogP contribution in [0.1, 0.15) is 40.0 Å². The van der Waals surface area contributed by atoms with Crippen molar-refractivity contribution in [3.05, 3.63) is 12.2 Å². The number of hydrogen-bond donors (Lipinski definition) is 1. The fourth-order valence-electron chi connectivity index (χ4n) is 0.681. The van der Waals surface area contributed by atoms with Crippen molar-refractivity contribution in [2.24, 2.45) is 0 Å². The Morgan fingerprint density at radius 1 is 1.18 bits per heavy atom. The van der Waals surface area contributed by atoms with Gasteiger partial charge in [0.1, 0.15) is 0 Å². The quantitative estimate of drug-likeness (QED) is 0.478. The zero-order chi connectivity index (χ0) is 8.95. The van der Waals surface area contributed by atoms with E-state index < -0.39 is 0 Å². The summed E-state index contributed by atoms with van der Waals surface area (Å²) in [6, 6.07) is 0. The molecule has 0 aliphatic heterocycles. The Kier molecular flexibility index (Phi) is 19.8. The van der Waals surface area contributed by atoms with E-state index in [4.69, 9.17) is 0 Å². The first-order valence-electron chi connectivity index (χ1n) is 4.71. The number of rotatable bonds is 5. The van der Waals surface area contributed by atoms with Gasteiger partial charge in [-0.05, 0) is 32.9 Å². The molecule has 0 saturated heterocycles. The molecule has 0 unspecified atom stereocenters. The number of unbranched alkanes of at least 4 members (excludes halogenated alkanes) is 1. The van der Waals surface area contributed by atoms with E-state index in [2.05, 4.69) is 24.4 Å². The van der Waals surface area contributed by atoms with Gasteiger partial charge in [-0.2, -0.15) is 0 Å². The lowest BCUT2D eigenvalue weighted by atomic mass is 10.3. The van der Waals surface area contributed by atoms with Crippen LogP contribution < -0.4 is 5.32 Å². The summed E-state index contributed by atoms with van der Waals surface area (Å²) >= 11 is 0. The molecule has 0 aliphatic carbocycles. The molecule has 1 heteroatoms. The molecule has 0 saturated carbocycles. The standard InChI is InChI=1S/C8H17N.C2H6/c1-3-4-5-6-7-8-9-2;1-2/h4-5,9H,3,6-8H2,1-2H3;1-2H3/b5-4-;. The van der Waals surface area contributed by atoms with Gasteiger partial charge in [-0.25, -0.2) is 0 Å². The first-order chi connectivity index (χ1) is 5.41. The van der Waals surface area contributed by atoms with E-state index in [1.807, 2.05) is 20.9 Å². The van der Waals surface area contributed by atoms with Crippen molar-refractivity contribution in [3.8, 4) is 0 Å². The third-order valence-corrected chi connectivity index (χ3v) is 1.20. The second kappa shape index (κ2) is 16.4. The van der Waals surface area contributed by atoms with Crippen molar-refractivity contribution in [3.63, 3.8) is 0 Å². The Bertz CT molecular complexity index is 67.3. The third kappa shape index (κ3) is 17.7. The zero-order valence-corrected chi connectivity index (χ0v) is 8.48. The Labute approximate surface area is 71.9 Å². The summed E-state index contributed by atoms with van der Waals surface area (Å²) in [7, 11) is 1.99. The van der Waals surface area contributed by atoms with Gasteiger partial charge < -0.3 is 5.32 Å². The highest BCUT2D eigenvalue weighted by atomic mass is 14.8. The van der Waals surface area contributed by atoms with Gasteiger partial charge in [0, 0.05) is 0 Å². The second-order valence-corrected chi connectivity index (χ2v) is 2.13. The molecule has 1 nitrogen and oxygen atoms in total. The molecule has 68 valence electrons. The van der Waals surface area contributed by atoms with Gasteiger partial charge in [-0.1, -0.05) is 32.9 Å². The van der Waals surface area contributed by atoms with E-state index in [0.29, 0.717) is 0 Å². The van der Waals surface area contributed by atoms with Crippen LogP contribution in [0.25, 0.3) is 0 Å². The predicted octanol–water partition coefficient (Wildman–Crippen LogP) is 2.98. The van der Waals surface area contributed by atoms with Gasteiger partial charge in [-0.3, -0.25) is 0 Å². The first kappa shape index (κ1) is 13.3. The molecule has 0 aromatic heterocycles. The van der Waals surface area contributed by atoms with Crippen molar-refractivity contribution in [2.45, 2.75) is 40.0 Å². The predicted molar refractivity (Wildman–Crippen MR) is 53.9 cm³/mol. The highest BCUT2D eigenvalue weighted by Crippen LogP contribution is 1.89. The lowest BCUT2D eigenvalue weighted by Crippen LogP contribution is -2.06. The van der Waals surface area contributed by atoms with Crippen LogP contribution in [0, 0.1) is 0 Å². The molecule has 0 heterocycles. The molecule has 0 aliphatic rings. The highest BCUT2D eigenvalue weighted by Gasteiger charge is 1.78. The van der Waals surface area contributed by atoms with Crippen LogP contribution >= 0.6 is 0 Å². The van der Waals surface area contributed by atoms with Crippen LogP contribution in [0.2, 0.25) is 0 Å². The summed E-state index contributed by atoms with van der Waals surface area (Å²) < 4.78 is 0. The molecule has 0 amide bonds. The molecule has 0 bridgehead atoms. The smallest absolute Gasteiger partial charge is 0.00490 e. The summed E-state index contributed by atoms with van der Waals surface area (Å²) in [6.45, 7) is 7.29. The molecule has 11 heavy (non-hydrogen) atoms. The van der Waals surface area contributed by atoms with Gasteiger partial charge in [0.05, 0.1) is 0 Å². The minimum Gasteiger partial charge on any atom is -0.320 e. The van der Waals surface area contributed by atoms with Gasteiger partial charge >= 0.3 is 0 Å². The number of allylic oxidation sites excluding steroid dienone is 2. The maximum atomic E-state index is 3.11. The van der Waals surface area contributed by atoms with Crippen molar-refractivity contribution >= 4 is 0 Å². The van der Waals surface area contributed by atoms with Crippen LogP contribution in [0.3, 0.4) is 0 Å². The Morgan fingerprint density at radius 2 is 1.82 bits per heavy atom. The lowest BCUT2D eigenvalue weighted by molar-refractivity contribution is 0.734. The third-order valence-electron chi connectivity index (χ3n) is 1.20. The Morgan fingerprint density at radius 3 is 2.27 bits per heavy atom. The van der Waals surface area contributed by atoms with Crippen molar-refractivity contribution in [1.29, 1.82) is 0 Å². The zero-order valence-electron chi connectivity index (χ0n) is 8.48. The Hall–Kier alpha value is -0.300. The minimum absolute atomic E-state index is 1.13. The minimum atomic E-state index is 1.13. The van der Waals surface area contributed by atoms with Gasteiger partial charge in [0.2, 0.25) is 0 Å². The number of nitrogens with one attached hydrogen (secondary N) is 1. The summed E-state index contributed by atoms with van der Waals surface area (Å²) in [5.74, 6) is 0. The van der Waals surface area contributed by atoms with Crippen LogP contribution in [-0.4, -0.2) is 13.6 Å². The van der Waals surface area contributed by atoms with Gasteiger partial charge in [-0.15, -0.1) is 0 Å². The van der Waals surface area contributed by atoms with Crippen LogP contribution in [0.5, 0.6) is 0 Å². The molecular formula is C10H23N. The maximum Gasteiger partial charge on any atom is -0.00490 e. The van der Waals surface area contributed by atoms with Crippen molar-refractivity contribution in [1.82, 2.24) is 5.32 Å². The van der Waals surface area contributed by atoms with E-state index in [1.165, 1.54) is 19.3 Å². The van der Waals surface area contributed by atoms with E-state index in [0.717, 1.165) is 6.54 Å². The van der Waals surface area contributed by atoms with Crippen LogP contribution in [0.4, 0.5) is 0 Å². The molecule has 0 fully saturated rings. The lowest BCUT2D eigenvalue weighted by Gasteiger charge is -1.92. The second-order valence-electron chi connectivity index (χ2n) is 2.13. The van der Waals surface area contributed by atoms with E-state index in [1.54, 1.807) is 0 Å². The van der Waals surface area contributed by atoms with Gasteiger partial charge in [0.25, 0.3) is 0 Å². The molecule has 0 atom stereocenters. The SMILES string of the molecule is CC.CC/C=C\CCCNC. The molecule has 0 rings (SSSR count). The summed E-state index contributed by atoms with van der Waals surface area (Å²) in [4.78, 5) is 0. The summed E-state index contributed by atoms with van der Waals surface area (Å²) in [5, 5.41) is 3.11. The van der Waals surface area contributed by atoms with Gasteiger partial charge in [0.15, 0.2) is 0 Å². The molecule has 0 aromatic rings. The molecule has 0 aromatic carbocycles. The van der Waals surface area contributed by atoms with E-state index >= 15 is 0 Å². The average molecular weight is 157 g/mol. The van der Waals surface area contributed by atoms with Crippen LogP contribution in [-0.2, 0) is 0 Å². The molecule has 0 radical (unpaired) electrons. The summed E-state index contributed by atoms with van der Waals surface area (Å²) in [5.41, 5.74) is 0.